The fourth-order valence-electron chi connectivity index (χ4n) is 0.738. The molecule has 0 unspecified atom stereocenters. The fraction of sp³-hybridized carbons (Fsp3) is 0.625. The molecule has 0 spiro atoms. The van der Waals surface area contributed by atoms with Gasteiger partial charge in [0.2, 0.25) is 0 Å². The molecule has 11 heavy (non-hydrogen) atoms. The maximum Gasteiger partial charge on any atom is 0.147 e. The quantitative estimate of drug-likeness (QED) is 0.407. The highest BCUT2D eigenvalue weighted by molar-refractivity contribution is 7.98. The number of carbonyl (C=O) groups is 1. The average Bonchev–Trinajstić information content (AvgIpc) is 2.00. The molecule has 0 aromatic heterocycles. The normalized spacial score (nSPS) is 12.6. The molecular weight excluding hydrogens is 176 g/mol. The van der Waals surface area contributed by atoms with Crippen molar-refractivity contribution < 1.29 is 4.79 Å². The van der Waals surface area contributed by atoms with Gasteiger partial charge in [-0.3, -0.25) is 4.79 Å². The fourth-order valence-corrected chi connectivity index (χ4v) is 1.75. The van der Waals surface area contributed by atoms with E-state index in [1.54, 1.807) is 11.8 Å². The Morgan fingerprint density at radius 2 is 2.27 bits per heavy atom. The first-order valence-corrected chi connectivity index (χ1v) is 5.45. The number of aldehydes is 1. The zero-order valence-electron chi connectivity index (χ0n) is 6.96. The van der Waals surface area contributed by atoms with Gasteiger partial charge in [-0.05, 0) is 17.6 Å². The summed E-state index contributed by atoms with van der Waals surface area (Å²) in [5, 5.41) is 0. The molecule has 0 amide bonds. The molecule has 0 fully saturated rings. The third-order valence-corrected chi connectivity index (χ3v) is 2.41. The Balaban J connectivity index is 4.14. The molecule has 1 nitrogen and oxygen atoms in total. The number of allylic oxidation sites excluding steroid dienone is 1. The van der Waals surface area contributed by atoms with Crippen LogP contribution in [0, 0.1) is 0 Å². The van der Waals surface area contributed by atoms with Gasteiger partial charge >= 0.3 is 0 Å². The minimum atomic E-state index is 0.780. The lowest BCUT2D eigenvalue weighted by atomic mass is 10.2. The molecule has 0 aliphatic heterocycles. The van der Waals surface area contributed by atoms with Crippen molar-refractivity contribution in [1.29, 1.82) is 0 Å². The van der Waals surface area contributed by atoms with E-state index in [4.69, 9.17) is 0 Å². The first kappa shape index (κ1) is 11.1. The van der Waals surface area contributed by atoms with Gasteiger partial charge in [0.05, 0.1) is 0 Å². The van der Waals surface area contributed by atoms with Crippen LogP contribution in [0.1, 0.15) is 19.8 Å². The van der Waals surface area contributed by atoms with Crippen molar-refractivity contribution in [2.75, 3.05) is 12.0 Å². The summed E-state index contributed by atoms with van der Waals surface area (Å²) in [6.07, 6.45) is 4.85. The molecule has 0 heterocycles. The van der Waals surface area contributed by atoms with Crippen LogP contribution in [0.25, 0.3) is 0 Å². The molecule has 0 N–H and O–H groups in total. The summed E-state index contributed by atoms with van der Waals surface area (Å²) in [5.74, 6) is 0.780. The lowest BCUT2D eigenvalue weighted by molar-refractivity contribution is -0.104. The Morgan fingerprint density at radius 3 is 2.64 bits per heavy atom. The van der Waals surface area contributed by atoms with Crippen LogP contribution in [0.4, 0.5) is 0 Å². The molecule has 0 saturated carbocycles. The number of thioether (sulfide) groups is 1. The van der Waals surface area contributed by atoms with Gasteiger partial charge in [-0.1, -0.05) is 13.3 Å². The van der Waals surface area contributed by atoms with E-state index in [0.29, 0.717) is 0 Å². The number of thiol groups is 1. The molecule has 3 heteroatoms. The molecule has 0 aromatic rings. The van der Waals surface area contributed by atoms with Crippen molar-refractivity contribution in [2.24, 2.45) is 0 Å². The highest BCUT2D eigenvalue weighted by Gasteiger charge is 1.99. The molecule has 0 aliphatic rings. The zero-order valence-corrected chi connectivity index (χ0v) is 8.67. The summed E-state index contributed by atoms with van der Waals surface area (Å²) in [5.41, 5.74) is 0.836. The summed E-state index contributed by atoms with van der Waals surface area (Å²) in [7, 11) is 0. The van der Waals surface area contributed by atoms with Crippen LogP contribution in [0.2, 0.25) is 0 Å². The van der Waals surface area contributed by atoms with E-state index in [2.05, 4.69) is 19.6 Å². The molecule has 0 bridgehead atoms. The van der Waals surface area contributed by atoms with E-state index in [9.17, 15) is 4.79 Å². The Bertz CT molecular complexity index is 152. The van der Waals surface area contributed by atoms with E-state index in [-0.39, 0.29) is 0 Å². The van der Waals surface area contributed by atoms with E-state index < -0.39 is 0 Å². The predicted molar refractivity (Wildman–Crippen MR) is 55.4 cm³/mol. The largest absolute Gasteiger partial charge is 0.298 e. The first-order valence-electron chi connectivity index (χ1n) is 3.61. The van der Waals surface area contributed by atoms with Crippen LogP contribution in [0.5, 0.6) is 0 Å². The van der Waals surface area contributed by atoms with Gasteiger partial charge in [-0.15, -0.1) is 12.6 Å². The van der Waals surface area contributed by atoms with Gasteiger partial charge in [0.25, 0.3) is 0 Å². The predicted octanol–water partition coefficient (Wildman–Crippen LogP) is 2.53. The molecule has 64 valence electrons. The van der Waals surface area contributed by atoms with Crippen LogP contribution in [0.3, 0.4) is 0 Å². The van der Waals surface area contributed by atoms with Gasteiger partial charge in [0.15, 0.2) is 0 Å². The van der Waals surface area contributed by atoms with Gasteiger partial charge in [0.1, 0.15) is 6.29 Å². The third-order valence-electron chi connectivity index (χ3n) is 1.30. The van der Waals surface area contributed by atoms with Crippen LogP contribution in [-0.4, -0.2) is 18.3 Å². The third kappa shape index (κ3) is 4.53. The molecule has 0 aromatic carbocycles. The standard InChI is InChI=1S/C8H14OS2/c1-3-4-8(10)7(5-9)6-11-2/h5,10H,3-4,6H2,1-2H3. The minimum Gasteiger partial charge on any atom is -0.298 e. The zero-order chi connectivity index (χ0) is 8.69. The summed E-state index contributed by atoms with van der Waals surface area (Å²) in [6.45, 7) is 2.08. The maximum atomic E-state index is 10.5. The molecule has 0 aliphatic carbocycles. The van der Waals surface area contributed by atoms with Crippen molar-refractivity contribution >= 4 is 30.7 Å². The van der Waals surface area contributed by atoms with E-state index >= 15 is 0 Å². The van der Waals surface area contributed by atoms with Gasteiger partial charge in [0, 0.05) is 11.3 Å². The summed E-state index contributed by atoms with van der Waals surface area (Å²) < 4.78 is 0. The van der Waals surface area contributed by atoms with E-state index in [1.807, 2.05) is 6.26 Å². The SMILES string of the molecule is CCCC(S)=C(C=O)CSC. The van der Waals surface area contributed by atoms with Gasteiger partial charge < -0.3 is 0 Å². The van der Waals surface area contributed by atoms with Crippen LogP contribution in [-0.2, 0) is 4.79 Å². The molecule has 0 saturated heterocycles. The smallest absolute Gasteiger partial charge is 0.147 e. The van der Waals surface area contributed by atoms with Gasteiger partial charge in [-0.2, -0.15) is 11.8 Å². The highest BCUT2D eigenvalue weighted by Crippen LogP contribution is 2.16. The minimum absolute atomic E-state index is 0.780. The van der Waals surface area contributed by atoms with Crippen molar-refractivity contribution in [2.45, 2.75) is 19.8 Å². The number of rotatable bonds is 5. The average molecular weight is 190 g/mol. The van der Waals surface area contributed by atoms with Gasteiger partial charge in [-0.25, -0.2) is 0 Å². The molecular formula is C8H14OS2. The van der Waals surface area contributed by atoms with Crippen molar-refractivity contribution in [3.8, 4) is 0 Å². The number of carbonyl (C=O) groups excluding carboxylic acids is 1. The molecule has 0 atom stereocenters. The summed E-state index contributed by atoms with van der Waals surface area (Å²) >= 11 is 5.90. The van der Waals surface area contributed by atoms with Crippen LogP contribution >= 0.6 is 24.4 Å². The lowest BCUT2D eigenvalue weighted by Crippen LogP contribution is -1.92. The Hall–Kier alpha value is 0.110. The van der Waals surface area contributed by atoms with Crippen molar-refractivity contribution in [3.63, 3.8) is 0 Å². The van der Waals surface area contributed by atoms with Crippen molar-refractivity contribution in [1.82, 2.24) is 0 Å². The second-order valence-electron chi connectivity index (χ2n) is 2.27. The summed E-state index contributed by atoms with van der Waals surface area (Å²) in [6, 6.07) is 0. The Kier molecular flexibility index (Phi) is 6.87. The highest BCUT2D eigenvalue weighted by atomic mass is 32.2. The summed E-state index contributed by atoms with van der Waals surface area (Å²) in [4.78, 5) is 11.4. The second kappa shape index (κ2) is 6.80. The number of hydrogen-bond acceptors (Lipinski definition) is 3. The van der Waals surface area contributed by atoms with Crippen molar-refractivity contribution in [3.05, 3.63) is 10.5 Å². The maximum absolute atomic E-state index is 10.5. The van der Waals surface area contributed by atoms with Crippen LogP contribution in [0.15, 0.2) is 10.5 Å². The topological polar surface area (TPSA) is 17.1 Å². The van der Waals surface area contributed by atoms with E-state index in [0.717, 1.165) is 35.4 Å². The van der Waals surface area contributed by atoms with Crippen LogP contribution < -0.4 is 0 Å². The number of hydrogen-bond donors (Lipinski definition) is 1. The second-order valence-corrected chi connectivity index (χ2v) is 3.68. The molecule has 0 radical (unpaired) electrons. The Labute approximate surface area is 78.0 Å². The Morgan fingerprint density at radius 1 is 1.64 bits per heavy atom. The lowest BCUT2D eigenvalue weighted by Gasteiger charge is -2.01. The molecule has 0 rings (SSSR count). The first-order chi connectivity index (χ1) is 5.26. The monoisotopic (exact) mass is 190 g/mol. The van der Waals surface area contributed by atoms with E-state index in [1.165, 1.54) is 0 Å².